The van der Waals surface area contributed by atoms with Crippen molar-refractivity contribution >= 4 is 22.5 Å². The van der Waals surface area contributed by atoms with Crippen LogP contribution in [0.25, 0.3) is 22.2 Å². The third kappa shape index (κ3) is 4.31. The van der Waals surface area contributed by atoms with Crippen molar-refractivity contribution in [2.24, 2.45) is 5.73 Å². The second-order valence-electron chi connectivity index (χ2n) is 6.66. The molecule has 1 heterocycles. The van der Waals surface area contributed by atoms with E-state index in [0.29, 0.717) is 41.1 Å². The number of fused-ring (bicyclic) bond motifs is 1. The number of benzene rings is 2. The molecule has 3 aromatic rings. The molecule has 0 spiro atoms. The lowest BCUT2D eigenvalue weighted by molar-refractivity contribution is -0.136. The van der Waals surface area contributed by atoms with Crippen molar-refractivity contribution in [2.75, 3.05) is 20.8 Å². The molecule has 1 aromatic heterocycles. The van der Waals surface area contributed by atoms with Gasteiger partial charge >= 0.3 is 6.18 Å². The van der Waals surface area contributed by atoms with E-state index in [1.165, 1.54) is 14.2 Å². The molecule has 0 unspecified atom stereocenters. The van der Waals surface area contributed by atoms with Gasteiger partial charge in [0.1, 0.15) is 11.5 Å². The smallest absolute Gasteiger partial charge is 0.418 e. The highest BCUT2D eigenvalue weighted by molar-refractivity contribution is 6.31. The lowest BCUT2D eigenvalue weighted by Gasteiger charge is -2.11. The molecule has 0 atom stereocenters. The molecule has 0 bridgehead atoms. The van der Waals surface area contributed by atoms with Gasteiger partial charge < -0.3 is 20.2 Å². The van der Waals surface area contributed by atoms with E-state index in [0.717, 1.165) is 24.5 Å². The summed E-state index contributed by atoms with van der Waals surface area (Å²) in [5, 5.41) is 0.492. The van der Waals surface area contributed by atoms with Gasteiger partial charge in [-0.1, -0.05) is 11.6 Å². The molecule has 0 aliphatic carbocycles. The van der Waals surface area contributed by atoms with Crippen LogP contribution >= 0.6 is 11.6 Å². The number of nitrogens with two attached hydrogens (primary N) is 1. The summed E-state index contributed by atoms with van der Waals surface area (Å²) in [7, 11) is 3.04. The number of unbranched alkanes of at least 4 members (excludes halogenated alkanes) is 1. The molecular formula is C21H22ClF3N2O2. The standard InChI is InChI=1S/C21H22ClF3N2O2/c1-28-13-6-7-15(18(11-13)29-2)19-14(5-3-4-8-26)16-9-12(22)10-17(20(16)27-19)21(23,24)25/h6-7,9-11,27H,3-5,8,26H2,1-2H3. The van der Waals surface area contributed by atoms with Gasteiger partial charge in [-0.15, -0.1) is 0 Å². The van der Waals surface area contributed by atoms with Gasteiger partial charge in [-0.3, -0.25) is 0 Å². The monoisotopic (exact) mass is 426 g/mol. The molecule has 0 saturated carbocycles. The van der Waals surface area contributed by atoms with E-state index < -0.39 is 11.7 Å². The quantitative estimate of drug-likeness (QED) is 0.469. The van der Waals surface area contributed by atoms with Crippen molar-refractivity contribution in [1.82, 2.24) is 4.98 Å². The molecule has 4 nitrogen and oxygen atoms in total. The van der Waals surface area contributed by atoms with Crippen LogP contribution in [0, 0.1) is 0 Å². The Balaban J connectivity index is 2.29. The Morgan fingerprint density at radius 1 is 1.07 bits per heavy atom. The molecule has 0 aliphatic rings. The van der Waals surface area contributed by atoms with Crippen LogP contribution in [-0.4, -0.2) is 25.7 Å². The largest absolute Gasteiger partial charge is 0.497 e. The third-order valence-corrected chi connectivity index (χ3v) is 5.06. The van der Waals surface area contributed by atoms with E-state index in [2.05, 4.69) is 4.98 Å². The van der Waals surface area contributed by atoms with Crippen LogP contribution in [0.15, 0.2) is 30.3 Å². The predicted octanol–water partition coefficient (Wildman–Crippen LogP) is 5.81. The number of aryl methyl sites for hydroxylation is 1. The van der Waals surface area contributed by atoms with Crippen molar-refractivity contribution in [3.63, 3.8) is 0 Å². The number of aromatic amines is 1. The van der Waals surface area contributed by atoms with Gasteiger partial charge in [-0.2, -0.15) is 13.2 Å². The first-order chi connectivity index (χ1) is 13.8. The highest BCUT2D eigenvalue weighted by Crippen LogP contribution is 2.43. The van der Waals surface area contributed by atoms with Crippen molar-refractivity contribution in [3.8, 4) is 22.8 Å². The Morgan fingerprint density at radius 3 is 2.45 bits per heavy atom. The summed E-state index contributed by atoms with van der Waals surface area (Å²) < 4.78 is 51.7. The summed E-state index contributed by atoms with van der Waals surface area (Å²) in [5.74, 6) is 1.08. The topological polar surface area (TPSA) is 60.3 Å². The molecule has 0 aliphatic heterocycles. The molecule has 29 heavy (non-hydrogen) atoms. The Bertz CT molecular complexity index is 1020. The number of ether oxygens (including phenoxy) is 2. The van der Waals surface area contributed by atoms with Crippen LogP contribution in [0.2, 0.25) is 5.02 Å². The molecule has 2 aromatic carbocycles. The molecule has 0 fully saturated rings. The number of aromatic nitrogens is 1. The molecule has 3 N–H and O–H groups in total. The Hall–Kier alpha value is -2.38. The SMILES string of the molecule is COc1ccc(-c2[nH]c3c(C(F)(F)F)cc(Cl)cc3c2CCCCN)c(OC)c1. The average Bonchev–Trinajstić information content (AvgIpc) is 3.04. The minimum atomic E-state index is -4.54. The van der Waals surface area contributed by atoms with E-state index in [1.54, 1.807) is 24.3 Å². The third-order valence-electron chi connectivity index (χ3n) is 4.84. The van der Waals surface area contributed by atoms with E-state index in [4.69, 9.17) is 26.8 Å². The summed E-state index contributed by atoms with van der Waals surface area (Å²) in [6.45, 7) is 0.512. The maximum atomic E-state index is 13.7. The van der Waals surface area contributed by atoms with Crippen molar-refractivity contribution in [2.45, 2.75) is 25.4 Å². The summed E-state index contributed by atoms with van der Waals surface area (Å²) in [6.07, 6.45) is -2.48. The number of hydrogen-bond donors (Lipinski definition) is 2. The fourth-order valence-electron chi connectivity index (χ4n) is 3.48. The second kappa shape index (κ2) is 8.55. The second-order valence-corrected chi connectivity index (χ2v) is 7.10. The van der Waals surface area contributed by atoms with Gasteiger partial charge in [0.15, 0.2) is 0 Å². The summed E-state index contributed by atoms with van der Waals surface area (Å²) in [4.78, 5) is 2.99. The highest BCUT2D eigenvalue weighted by atomic mass is 35.5. The highest BCUT2D eigenvalue weighted by Gasteiger charge is 2.35. The maximum Gasteiger partial charge on any atom is 0.418 e. The number of rotatable bonds is 7. The van der Waals surface area contributed by atoms with E-state index >= 15 is 0 Å². The zero-order chi connectivity index (χ0) is 21.2. The molecule has 0 radical (unpaired) electrons. The van der Waals surface area contributed by atoms with E-state index in [-0.39, 0.29) is 10.5 Å². The average molecular weight is 427 g/mol. The minimum Gasteiger partial charge on any atom is -0.497 e. The molecule has 0 saturated heterocycles. The summed E-state index contributed by atoms with van der Waals surface area (Å²) in [6, 6.07) is 7.72. The number of hydrogen-bond acceptors (Lipinski definition) is 3. The van der Waals surface area contributed by atoms with Crippen molar-refractivity contribution in [3.05, 3.63) is 46.5 Å². The Kier molecular flexibility index (Phi) is 6.29. The Labute approximate surface area is 171 Å². The van der Waals surface area contributed by atoms with E-state index in [1.807, 2.05) is 0 Å². The fourth-order valence-corrected chi connectivity index (χ4v) is 3.70. The zero-order valence-corrected chi connectivity index (χ0v) is 16.9. The van der Waals surface area contributed by atoms with Crippen LogP contribution in [0.3, 0.4) is 0 Å². The van der Waals surface area contributed by atoms with Crippen LogP contribution in [0.1, 0.15) is 24.0 Å². The minimum absolute atomic E-state index is 0.0116. The first kappa shape index (κ1) is 21.3. The Morgan fingerprint density at radius 2 is 1.83 bits per heavy atom. The molecule has 3 rings (SSSR count). The van der Waals surface area contributed by atoms with Gasteiger partial charge in [0, 0.05) is 22.0 Å². The molecular weight excluding hydrogens is 405 g/mol. The first-order valence-electron chi connectivity index (χ1n) is 9.14. The number of halogens is 4. The summed E-state index contributed by atoms with van der Waals surface area (Å²) in [5.41, 5.74) is 6.80. The number of alkyl halides is 3. The molecule has 0 amide bonds. The molecule has 8 heteroatoms. The first-order valence-corrected chi connectivity index (χ1v) is 9.51. The van der Waals surface area contributed by atoms with Crippen LogP contribution in [-0.2, 0) is 12.6 Å². The number of H-pyrrole nitrogens is 1. The zero-order valence-electron chi connectivity index (χ0n) is 16.1. The predicted molar refractivity (Wildman–Crippen MR) is 109 cm³/mol. The van der Waals surface area contributed by atoms with E-state index in [9.17, 15) is 13.2 Å². The normalized spacial score (nSPS) is 11.8. The van der Waals surface area contributed by atoms with Gasteiger partial charge in [0.05, 0.1) is 31.0 Å². The lowest BCUT2D eigenvalue weighted by Crippen LogP contribution is -2.05. The van der Waals surface area contributed by atoms with Gasteiger partial charge in [0.25, 0.3) is 0 Å². The maximum absolute atomic E-state index is 13.7. The summed E-state index contributed by atoms with van der Waals surface area (Å²) >= 11 is 6.04. The van der Waals surface area contributed by atoms with Crippen molar-refractivity contribution < 1.29 is 22.6 Å². The molecule has 156 valence electrons. The number of methoxy groups -OCH3 is 2. The lowest BCUT2D eigenvalue weighted by atomic mass is 9.98. The fraction of sp³-hybridized carbons (Fsp3) is 0.333. The number of nitrogens with one attached hydrogen (secondary N) is 1. The van der Waals surface area contributed by atoms with Crippen LogP contribution in [0.4, 0.5) is 13.2 Å². The van der Waals surface area contributed by atoms with Gasteiger partial charge in [-0.25, -0.2) is 0 Å². The van der Waals surface area contributed by atoms with Crippen molar-refractivity contribution in [1.29, 1.82) is 0 Å². The van der Waals surface area contributed by atoms with Crippen LogP contribution in [0.5, 0.6) is 11.5 Å². The van der Waals surface area contributed by atoms with Crippen LogP contribution < -0.4 is 15.2 Å². The van der Waals surface area contributed by atoms with Gasteiger partial charge in [0.2, 0.25) is 0 Å². The van der Waals surface area contributed by atoms with Gasteiger partial charge in [-0.05, 0) is 55.6 Å².